The monoisotopic (exact) mass is 354 g/mol. The van der Waals surface area contributed by atoms with Gasteiger partial charge in [-0.25, -0.2) is 0 Å². The van der Waals surface area contributed by atoms with Crippen LogP contribution in [0.5, 0.6) is 0 Å². The lowest BCUT2D eigenvalue weighted by atomic mass is 9.74. The number of carbonyl (C=O) groups is 1. The molecule has 2 aromatic rings. The van der Waals surface area contributed by atoms with Crippen molar-refractivity contribution in [2.75, 3.05) is 33.5 Å². The molecule has 3 rings (SSSR count). The topological polar surface area (TPSA) is 60.5 Å². The number of pyridine rings is 1. The van der Waals surface area contributed by atoms with Crippen molar-refractivity contribution < 1.29 is 14.3 Å². The maximum atomic E-state index is 12.9. The zero-order valence-corrected chi connectivity index (χ0v) is 15.2. The average molecular weight is 354 g/mol. The predicted octanol–water partition coefficient (Wildman–Crippen LogP) is 2.85. The van der Waals surface area contributed by atoms with Crippen LogP contribution in [0.4, 0.5) is 0 Å². The molecular weight excluding hydrogens is 328 g/mol. The van der Waals surface area contributed by atoms with Gasteiger partial charge >= 0.3 is 0 Å². The molecule has 0 atom stereocenters. The summed E-state index contributed by atoms with van der Waals surface area (Å²) >= 11 is 0. The summed E-state index contributed by atoms with van der Waals surface area (Å²) in [5, 5.41) is 3.03. The SMILES string of the molecule is COCCNC(=O)C1(Cc2cccc(-c3cccnc3)c2)CCOCC1. The summed E-state index contributed by atoms with van der Waals surface area (Å²) in [5.41, 5.74) is 2.95. The Bertz CT molecular complexity index is 712. The molecule has 1 fully saturated rings. The Balaban J connectivity index is 1.80. The van der Waals surface area contributed by atoms with Gasteiger partial charge in [-0.05, 0) is 42.0 Å². The van der Waals surface area contributed by atoms with Crippen LogP contribution in [0.15, 0.2) is 48.8 Å². The highest BCUT2D eigenvalue weighted by Gasteiger charge is 2.39. The van der Waals surface area contributed by atoms with Crippen LogP contribution < -0.4 is 5.32 Å². The first-order valence-electron chi connectivity index (χ1n) is 9.08. The van der Waals surface area contributed by atoms with E-state index in [-0.39, 0.29) is 5.91 Å². The molecule has 26 heavy (non-hydrogen) atoms. The number of nitrogens with one attached hydrogen (secondary N) is 1. The molecule has 138 valence electrons. The number of aromatic nitrogens is 1. The van der Waals surface area contributed by atoms with Gasteiger partial charge in [0, 0.05) is 39.3 Å². The molecule has 1 aliphatic heterocycles. The van der Waals surface area contributed by atoms with Gasteiger partial charge in [-0.2, -0.15) is 0 Å². The summed E-state index contributed by atoms with van der Waals surface area (Å²) in [5.74, 6) is 0.102. The average Bonchev–Trinajstić information content (AvgIpc) is 2.70. The largest absolute Gasteiger partial charge is 0.383 e. The van der Waals surface area contributed by atoms with Crippen molar-refractivity contribution in [3.8, 4) is 11.1 Å². The Kier molecular flexibility index (Phi) is 6.36. The highest BCUT2D eigenvalue weighted by Crippen LogP contribution is 2.35. The van der Waals surface area contributed by atoms with Gasteiger partial charge in [0.2, 0.25) is 5.91 Å². The Hall–Kier alpha value is -2.24. The van der Waals surface area contributed by atoms with Crippen molar-refractivity contribution in [2.45, 2.75) is 19.3 Å². The van der Waals surface area contributed by atoms with Crippen LogP contribution in [-0.2, 0) is 20.7 Å². The third-order valence-electron chi connectivity index (χ3n) is 4.99. The lowest BCUT2D eigenvalue weighted by Crippen LogP contribution is -2.46. The fraction of sp³-hybridized carbons (Fsp3) is 0.429. The number of methoxy groups -OCH3 is 1. The van der Waals surface area contributed by atoms with Crippen LogP contribution in [0, 0.1) is 5.41 Å². The van der Waals surface area contributed by atoms with Crippen LogP contribution in [-0.4, -0.2) is 44.4 Å². The molecule has 0 bridgehead atoms. The minimum absolute atomic E-state index is 0.102. The Morgan fingerprint density at radius 2 is 2.04 bits per heavy atom. The van der Waals surface area contributed by atoms with Gasteiger partial charge in [0.25, 0.3) is 0 Å². The van der Waals surface area contributed by atoms with Crippen LogP contribution in [0.1, 0.15) is 18.4 Å². The lowest BCUT2D eigenvalue weighted by molar-refractivity contribution is -0.136. The zero-order valence-electron chi connectivity index (χ0n) is 15.2. The molecule has 5 nitrogen and oxygen atoms in total. The van der Waals surface area contributed by atoms with Gasteiger partial charge in [0.1, 0.15) is 0 Å². The van der Waals surface area contributed by atoms with E-state index < -0.39 is 5.41 Å². The van der Waals surface area contributed by atoms with Crippen LogP contribution >= 0.6 is 0 Å². The van der Waals surface area contributed by atoms with E-state index in [0.29, 0.717) is 32.8 Å². The summed E-state index contributed by atoms with van der Waals surface area (Å²) in [6.45, 7) is 2.31. The van der Waals surface area contributed by atoms with Gasteiger partial charge in [-0.3, -0.25) is 9.78 Å². The lowest BCUT2D eigenvalue weighted by Gasteiger charge is -2.36. The predicted molar refractivity (Wildman–Crippen MR) is 101 cm³/mol. The molecular formula is C21H26N2O3. The molecule has 0 spiro atoms. The molecule has 0 aliphatic carbocycles. The smallest absolute Gasteiger partial charge is 0.226 e. The fourth-order valence-corrected chi connectivity index (χ4v) is 3.49. The second-order valence-electron chi connectivity index (χ2n) is 6.76. The molecule has 1 aromatic carbocycles. The normalized spacial score (nSPS) is 16.2. The van der Waals surface area contributed by atoms with E-state index in [1.807, 2.05) is 24.4 Å². The van der Waals surface area contributed by atoms with Crippen molar-refractivity contribution in [3.63, 3.8) is 0 Å². The summed E-state index contributed by atoms with van der Waals surface area (Å²) in [6.07, 6.45) is 5.82. The molecule has 0 radical (unpaired) electrons. The van der Waals surface area contributed by atoms with Crippen molar-refractivity contribution in [1.82, 2.24) is 10.3 Å². The Labute approximate surface area is 154 Å². The third-order valence-corrected chi connectivity index (χ3v) is 4.99. The van der Waals surface area contributed by atoms with E-state index in [1.54, 1.807) is 13.3 Å². The first-order chi connectivity index (χ1) is 12.7. The van der Waals surface area contributed by atoms with E-state index >= 15 is 0 Å². The van der Waals surface area contributed by atoms with Gasteiger partial charge in [0.15, 0.2) is 0 Å². The summed E-state index contributed by atoms with van der Waals surface area (Å²) in [7, 11) is 1.64. The van der Waals surface area contributed by atoms with Gasteiger partial charge < -0.3 is 14.8 Å². The maximum Gasteiger partial charge on any atom is 0.226 e. The molecule has 1 amide bonds. The molecule has 1 saturated heterocycles. The van der Waals surface area contributed by atoms with E-state index in [9.17, 15) is 4.79 Å². The molecule has 1 aromatic heterocycles. The number of hydrogen-bond acceptors (Lipinski definition) is 4. The highest BCUT2D eigenvalue weighted by atomic mass is 16.5. The Morgan fingerprint density at radius 1 is 1.23 bits per heavy atom. The number of amides is 1. The Morgan fingerprint density at radius 3 is 2.77 bits per heavy atom. The van der Waals surface area contributed by atoms with Crippen LogP contribution in [0.3, 0.4) is 0 Å². The standard InChI is InChI=1S/C21H26N2O3/c1-25-13-10-23-20(24)21(7-11-26-12-8-21)15-17-4-2-5-18(14-17)19-6-3-9-22-16-19/h2-6,9,14,16H,7-8,10-13,15H2,1H3,(H,23,24). The molecule has 0 saturated carbocycles. The second-order valence-corrected chi connectivity index (χ2v) is 6.76. The highest BCUT2D eigenvalue weighted by molar-refractivity contribution is 5.83. The van der Waals surface area contributed by atoms with Crippen LogP contribution in [0.25, 0.3) is 11.1 Å². The van der Waals surface area contributed by atoms with Gasteiger partial charge in [-0.15, -0.1) is 0 Å². The molecule has 5 heteroatoms. The number of nitrogens with zero attached hydrogens (tertiary/aromatic N) is 1. The van der Waals surface area contributed by atoms with E-state index in [2.05, 4.69) is 28.5 Å². The minimum atomic E-state index is -0.417. The summed E-state index contributed by atoms with van der Waals surface area (Å²) in [6, 6.07) is 12.4. The second kappa shape index (κ2) is 8.92. The quantitative estimate of drug-likeness (QED) is 0.777. The number of rotatable bonds is 7. The van der Waals surface area contributed by atoms with Crippen LogP contribution in [0.2, 0.25) is 0 Å². The number of hydrogen-bond donors (Lipinski definition) is 1. The molecule has 0 unspecified atom stereocenters. The maximum absolute atomic E-state index is 12.9. The minimum Gasteiger partial charge on any atom is -0.383 e. The van der Waals surface area contributed by atoms with E-state index in [0.717, 1.165) is 29.5 Å². The third kappa shape index (κ3) is 4.48. The number of carbonyl (C=O) groups excluding carboxylic acids is 1. The van der Waals surface area contributed by atoms with Crippen molar-refractivity contribution in [1.29, 1.82) is 0 Å². The number of benzene rings is 1. The summed E-state index contributed by atoms with van der Waals surface area (Å²) < 4.78 is 10.6. The number of ether oxygens (including phenoxy) is 2. The van der Waals surface area contributed by atoms with Crippen molar-refractivity contribution in [2.24, 2.45) is 5.41 Å². The van der Waals surface area contributed by atoms with E-state index in [4.69, 9.17) is 9.47 Å². The molecule has 2 heterocycles. The van der Waals surface area contributed by atoms with Gasteiger partial charge in [0.05, 0.1) is 12.0 Å². The molecule has 1 aliphatic rings. The van der Waals surface area contributed by atoms with E-state index in [1.165, 1.54) is 0 Å². The molecule has 1 N–H and O–H groups in total. The van der Waals surface area contributed by atoms with Gasteiger partial charge in [-0.1, -0.05) is 30.3 Å². The fourth-order valence-electron chi connectivity index (χ4n) is 3.49. The zero-order chi connectivity index (χ0) is 18.2. The first kappa shape index (κ1) is 18.5. The summed E-state index contributed by atoms with van der Waals surface area (Å²) in [4.78, 5) is 17.1. The first-order valence-corrected chi connectivity index (χ1v) is 9.08. The van der Waals surface area contributed by atoms with Crippen molar-refractivity contribution >= 4 is 5.91 Å². The van der Waals surface area contributed by atoms with Crippen molar-refractivity contribution in [3.05, 3.63) is 54.4 Å².